The first-order valence-electron chi connectivity index (χ1n) is 7.59. The van der Waals surface area contributed by atoms with E-state index in [2.05, 4.69) is 11.1 Å². The standard InChI is InChI=1S/C20H16N2O3/c1-24-18-10-14(11-19(25-2)20(18)23)15(12-21)9-13-7-8-22-17-6-4-3-5-16(13)17/h3-11,23H,1-2H3/b15-9+. The van der Waals surface area contributed by atoms with Gasteiger partial charge in [-0.15, -0.1) is 0 Å². The summed E-state index contributed by atoms with van der Waals surface area (Å²) in [5, 5.41) is 20.6. The number of para-hydroxylation sites is 1. The predicted octanol–water partition coefficient (Wildman–Crippen LogP) is 4.02. The Morgan fingerprint density at radius 2 is 1.80 bits per heavy atom. The summed E-state index contributed by atoms with van der Waals surface area (Å²) in [7, 11) is 2.90. The number of phenolic OH excluding ortho intramolecular Hbond substituents is 1. The second-order valence-electron chi connectivity index (χ2n) is 5.32. The van der Waals surface area contributed by atoms with E-state index in [-0.39, 0.29) is 17.2 Å². The lowest BCUT2D eigenvalue weighted by Crippen LogP contribution is -1.92. The monoisotopic (exact) mass is 332 g/mol. The fourth-order valence-electron chi connectivity index (χ4n) is 2.63. The highest BCUT2D eigenvalue weighted by Crippen LogP contribution is 2.39. The van der Waals surface area contributed by atoms with Crippen LogP contribution in [0.4, 0.5) is 0 Å². The van der Waals surface area contributed by atoms with Gasteiger partial charge in [0, 0.05) is 11.6 Å². The first kappa shape index (κ1) is 16.3. The fourth-order valence-corrected chi connectivity index (χ4v) is 2.63. The van der Waals surface area contributed by atoms with Crippen LogP contribution < -0.4 is 9.47 Å². The van der Waals surface area contributed by atoms with Gasteiger partial charge in [-0.3, -0.25) is 4.98 Å². The van der Waals surface area contributed by atoms with Crippen LogP contribution in [0.25, 0.3) is 22.6 Å². The molecule has 0 unspecified atom stereocenters. The number of allylic oxidation sites excluding steroid dienone is 1. The van der Waals surface area contributed by atoms with E-state index in [1.807, 2.05) is 30.3 Å². The van der Waals surface area contributed by atoms with Crippen molar-refractivity contribution in [3.63, 3.8) is 0 Å². The molecular weight excluding hydrogens is 316 g/mol. The van der Waals surface area contributed by atoms with E-state index < -0.39 is 0 Å². The van der Waals surface area contributed by atoms with Gasteiger partial charge in [0.2, 0.25) is 5.75 Å². The average molecular weight is 332 g/mol. The maximum Gasteiger partial charge on any atom is 0.200 e. The van der Waals surface area contributed by atoms with E-state index in [1.165, 1.54) is 14.2 Å². The third-order valence-corrected chi connectivity index (χ3v) is 3.89. The zero-order valence-corrected chi connectivity index (χ0v) is 13.9. The van der Waals surface area contributed by atoms with Crippen LogP contribution in [-0.2, 0) is 0 Å². The van der Waals surface area contributed by atoms with Gasteiger partial charge in [0.15, 0.2) is 11.5 Å². The molecule has 1 heterocycles. The number of hydrogen-bond acceptors (Lipinski definition) is 5. The van der Waals surface area contributed by atoms with Gasteiger partial charge in [0.1, 0.15) is 0 Å². The molecule has 25 heavy (non-hydrogen) atoms. The Bertz CT molecular complexity index is 973. The molecule has 0 spiro atoms. The van der Waals surface area contributed by atoms with Crippen LogP contribution in [0, 0.1) is 11.3 Å². The van der Waals surface area contributed by atoms with Gasteiger partial charge in [-0.05, 0) is 41.5 Å². The third-order valence-electron chi connectivity index (χ3n) is 3.89. The fraction of sp³-hybridized carbons (Fsp3) is 0.100. The van der Waals surface area contributed by atoms with Crippen molar-refractivity contribution >= 4 is 22.6 Å². The van der Waals surface area contributed by atoms with E-state index in [4.69, 9.17) is 9.47 Å². The zero-order valence-electron chi connectivity index (χ0n) is 13.9. The number of hydrogen-bond donors (Lipinski definition) is 1. The number of methoxy groups -OCH3 is 2. The molecule has 2 aromatic carbocycles. The molecule has 0 aliphatic heterocycles. The second-order valence-corrected chi connectivity index (χ2v) is 5.32. The van der Waals surface area contributed by atoms with Crippen molar-refractivity contribution in [1.29, 1.82) is 5.26 Å². The topological polar surface area (TPSA) is 75.4 Å². The average Bonchev–Trinajstić information content (AvgIpc) is 2.66. The van der Waals surface area contributed by atoms with E-state index >= 15 is 0 Å². The highest BCUT2D eigenvalue weighted by atomic mass is 16.5. The van der Waals surface area contributed by atoms with Crippen LogP contribution in [-0.4, -0.2) is 24.3 Å². The molecule has 5 nitrogen and oxygen atoms in total. The molecule has 1 N–H and O–H groups in total. The minimum absolute atomic E-state index is 0.0969. The molecule has 3 aromatic rings. The van der Waals surface area contributed by atoms with Gasteiger partial charge >= 0.3 is 0 Å². The van der Waals surface area contributed by atoms with Crippen molar-refractivity contribution in [3.05, 3.63) is 59.8 Å². The number of ether oxygens (including phenoxy) is 2. The Balaban J connectivity index is 2.17. The zero-order chi connectivity index (χ0) is 17.8. The van der Waals surface area contributed by atoms with Gasteiger partial charge in [-0.2, -0.15) is 5.26 Å². The molecule has 0 saturated carbocycles. The number of phenols is 1. The van der Waals surface area contributed by atoms with Gasteiger partial charge in [-0.1, -0.05) is 18.2 Å². The normalized spacial score (nSPS) is 11.2. The number of pyridine rings is 1. The SMILES string of the molecule is COc1cc(/C(C#N)=C/c2ccnc3ccccc23)cc(OC)c1O. The maximum absolute atomic E-state index is 10.0. The van der Waals surface area contributed by atoms with Crippen LogP contribution >= 0.6 is 0 Å². The summed E-state index contributed by atoms with van der Waals surface area (Å²) in [6.45, 7) is 0. The molecule has 0 fully saturated rings. The van der Waals surface area contributed by atoms with Gasteiger partial charge < -0.3 is 14.6 Å². The minimum atomic E-state index is -0.0969. The quantitative estimate of drug-likeness (QED) is 0.730. The van der Waals surface area contributed by atoms with E-state index in [0.717, 1.165) is 16.5 Å². The van der Waals surface area contributed by atoms with Gasteiger partial charge in [-0.25, -0.2) is 0 Å². The van der Waals surface area contributed by atoms with Crippen molar-refractivity contribution in [1.82, 2.24) is 4.98 Å². The van der Waals surface area contributed by atoms with E-state index in [0.29, 0.717) is 11.1 Å². The Morgan fingerprint density at radius 1 is 1.12 bits per heavy atom. The van der Waals surface area contributed by atoms with Crippen molar-refractivity contribution in [2.24, 2.45) is 0 Å². The van der Waals surface area contributed by atoms with Crippen molar-refractivity contribution < 1.29 is 14.6 Å². The molecule has 0 aliphatic carbocycles. The first-order valence-corrected chi connectivity index (χ1v) is 7.59. The lowest BCUT2D eigenvalue weighted by molar-refractivity contribution is 0.339. The number of aromatic hydroxyl groups is 1. The van der Waals surface area contributed by atoms with Crippen molar-refractivity contribution in [3.8, 4) is 23.3 Å². The first-order chi connectivity index (χ1) is 12.2. The summed E-state index contributed by atoms with van der Waals surface area (Å²) in [6.07, 6.45) is 3.50. The molecule has 0 aliphatic rings. The molecule has 5 heteroatoms. The summed E-state index contributed by atoms with van der Waals surface area (Å²) in [4.78, 5) is 4.33. The molecule has 1 aromatic heterocycles. The Morgan fingerprint density at radius 3 is 2.44 bits per heavy atom. The lowest BCUT2D eigenvalue weighted by atomic mass is 10.0. The van der Waals surface area contributed by atoms with Crippen LogP contribution in [0.15, 0.2) is 48.7 Å². The Hall–Kier alpha value is -3.52. The van der Waals surface area contributed by atoms with E-state index in [9.17, 15) is 10.4 Å². The molecule has 0 radical (unpaired) electrons. The number of fused-ring (bicyclic) bond motifs is 1. The molecule has 0 bridgehead atoms. The molecule has 124 valence electrons. The number of nitriles is 1. The molecule has 0 amide bonds. The maximum atomic E-state index is 10.0. The smallest absolute Gasteiger partial charge is 0.200 e. The summed E-state index contributed by atoms with van der Waals surface area (Å²) < 4.78 is 10.3. The Kier molecular flexibility index (Phi) is 4.53. The molecule has 0 atom stereocenters. The van der Waals surface area contributed by atoms with Gasteiger partial charge in [0.05, 0.1) is 31.4 Å². The van der Waals surface area contributed by atoms with Crippen LogP contribution in [0.3, 0.4) is 0 Å². The lowest BCUT2D eigenvalue weighted by Gasteiger charge is -2.11. The largest absolute Gasteiger partial charge is 0.502 e. The third kappa shape index (κ3) is 3.10. The summed E-state index contributed by atoms with van der Waals surface area (Å²) in [5.74, 6) is 0.394. The molecule has 0 saturated heterocycles. The summed E-state index contributed by atoms with van der Waals surface area (Å²) in [6, 6.07) is 15.0. The number of benzene rings is 2. The van der Waals surface area contributed by atoms with Crippen molar-refractivity contribution in [2.75, 3.05) is 14.2 Å². The summed E-state index contributed by atoms with van der Waals surface area (Å²) in [5.41, 5.74) is 2.76. The molecular formula is C20H16N2O3. The van der Waals surface area contributed by atoms with Gasteiger partial charge in [0.25, 0.3) is 0 Å². The van der Waals surface area contributed by atoms with Crippen molar-refractivity contribution in [2.45, 2.75) is 0 Å². The van der Waals surface area contributed by atoms with Crippen LogP contribution in [0.1, 0.15) is 11.1 Å². The summed E-state index contributed by atoms with van der Waals surface area (Å²) >= 11 is 0. The second kappa shape index (κ2) is 6.93. The molecule has 3 rings (SSSR count). The van der Waals surface area contributed by atoms with Crippen LogP contribution in [0.5, 0.6) is 17.2 Å². The predicted molar refractivity (Wildman–Crippen MR) is 96.4 cm³/mol. The van der Waals surface area contributed by atoms with E-state index in [1.54, 1.807) is 24.4 Å². The highest BCUT2D eigenvalue weighted by molar-refractivity contribution is 5.97. The minimum Gasteiger partial charge on any atom is -0.502 e. The number of rotatable bonds is 4. The Labute approximate surface area is 145 Å². The highest BCUT2D eigenvalue weighted by Gasteiger charge is 2.14. The number of nitrogens with zero attached hydrogens (tertiary/aromatic N) is 2. The number of aromatic nitrogens is 1. The van der Waals surface area contributed by atoms with Crippen LogP contribution in [0.2, 0.25) is 0 Å².